The monoisotopic (exact) mass is 249 g/mol. The molecule has 1 aliphatic heterocycles. The Hall–Kier alpha value is -1.22. The fourth-order valence-electron chi connectivity index (χ4n) is 2.72. The van der Waals surface area contributed by atoms with Crippen LogP contribution in [0.3, 0.4) is 0 Å². The molecule has 1 aromatic carbocycles. The normalized spacial score (nSPS) is 21.0. The third-order valence-corrected chi connectivity index (χ3v) is 4.14. The molecular formula is C15H23NO2. The Morgan fingerprint density at radius 3 is 2.67 bits per heavy atom. The first-order valence-electron chi connectivity index (χ1n) is 6.72. The lowest BCUT2D eigenvalue weighted by atomic mass is 9.83. The van der Waals surface area contributed by atoms with Crippen LogP contribution in [0.25, 0.3) is 0 Å². The summed E-state index contributed by atoms with van der Waals surface area (Å²) in [7, 11) is 3.70. The van der Waals surface area contributed by atoms with E-state index in [9.17, 15) is 0 Å². The average Bonchev–Trinajstić information content (AvgIpc) is 2.45. The summed E-state index contributed by atoms with van der Waals surface area (Å²) in [6.45, 7) is 4.39. The minimum atomic E-state index is -0.0486. The van der Waals surface area contributed by atoms with E-state index in [4.69, 9.17) is 9.47 Å². The molecule has 1 aromatic rings. The van der Waals surface area contributed by atoms with Gasteiger partial charge < -0.3 is 14.8 Å². The number of hydrogen-bond acceptors (Lipinski definition) is 3. The Balaban J connectivity index is 2.42. The van der Waals surface area contributed by atoms with Crippen molar-refractivity contribution in [3.05, 3.63) is 23.8 Å². The van der Waals surface area contributed by atoms with Crippen molar-refractivity contribution in [2.45, 2.75) is 44.8 Å². The second-order valence-corrected chi connectivity index (χ2v) is 4.94. The number of methoxy groups -OCH3 is 1. The van der Waals surface area contributed by atoms with Gasteiger partial charge in [0.25, 0.3) is 0 Å². The average molecular weight is 249 g/mol. The predicted octanol–water partition coefficient (Wildman–Crippen LogP) is 3.30. The fourth-order valence-corrected chi connectivity index (χ4v) is 2.72. The van der Waals surface area contributed by atoms with Gasteiger partial charge in [-0.3, -0.25) is 0 Å². The first-order valence-corrected chi connectivity index (χ1v) is 6.72. The van der Waals surface area contributed by atoms with Crippen molar-refractivity contribution in [1.29, 1.82) is 0 Å². The maximum absolute atomic E-state index is 6.27. The highest BCUT2D eigenvalue weighted by molar-refractivity contribution is 5.44. The van der Waals surface area contributed by atoms with Gasteiger partial charge in [0.1, 0.15) is 17.1 Å². The minimum Gasteiger partial charge on any atom is -0.497 e. The number of benzene rings is 1. The van der Waals surface area contributed by atoms with E-state index < -0.39 is 0 Å². The van der Waals surface area contributed by atoms with E-state index in [-0.39, 0.29) is 5.60 Å². The van der Waals surface area contributed by atoms with Crippen LogP contribution in [0, 0.1) is 0 Å². The highest BCUT2D eigenvalue weighted by Gasteiger charge is 2.37. The van der Waals surface area contributed by atoms with Gasteiger partial charge >= 0.3 is 0 Å². The molecule has 0 spiro atoms. The Morgan fingerprint density at radius 2 is 2.11 bits per heavy atom. The van der Waals surface area contributed by atoms with Crippen molar-refractivity contribution >= 4 is 0 Å². The van der Waals surface area contributed by atoms with Crippen LogP contribution >= 0.6 is 0 Å². The van der Waals surface area contributed by atoms with E-state index >= 15 is 0 Å². The Morgan fingerprint density at radius 1 is 1.39 bits per heavy atom. The van der Waals surface area contributed by atoms with Crippen molar-refractivity contribution < 1.29 is 9.47 Å². The first-order chi connectivity index (χ1) is 8.68. The maximum Gasteiger partial charge on any atom is 0.128 e. The molecule has 3 heteroatoms. The van der Waals surface area contributed by atoms with Crippen molar-refractivity contribution in [3.8, 4) is 11.5 Å². The molecule has 2 rings (SSSR count). The number of nitrogens with one attached hydrogen (secondary N) is 1. The van der Waals surface area contributed by atoms with Crippen LogP contribution in [0.1, 0.15) is 44.7 Å². The molecule has 1 unspecified atom stereocenters. The Kier molecular flexibility index (Phi) is 3.81. The van der Waals surface area contributed by atoms with Crippen molar-refractivity contribution in [1.82, 2.24) is 5.32 Å². The van der Waals surface area contributed by atoms with Crippen molar-refractivity contribution in [3.63, 3.8) is 0 Å². The Bertz CT molecular complexity index is 413. The van der Waals surface area contributed by atoms with Crippen LogP contribution in [0.4, 0.5) is 0 Å². The summed E-state index contributed by atoms with van der Waals surface area (Å²) >= 11 is 0. The topological polar surface area (TPSA) is 30.5 Å². The van der Waals surface area contributed by atoms with Crippen molar-refractivity contribution in [2.75, 3.05) is 14.2 Å². The summed E-state index contributed by atoms with van der Waals surface area (Å²) in [6, 6.07) is 6.46. The highest BCUT2D eigenvalue weighted by Crippen LogP contribution is 2.43. The summed E-state index contributed by atoms with van der Waals surface area (Å²) in [6.07, 6.45) is 3.08. The van der Waals surface area contributed by atoms with Crippen LogP contribution in [0.15, 0.2) is 18.2 Å². The summed E-state index contributed by atoms with van der Waals surface area (Å²) in [5.74, 6) is 1.82. The Labute approximate surface area is 109 Å². The van der Waals surface area contributed by atoms with Gasteiger partial charge in [-0.15, -0.1) is 0 Å². The molecule has 1 atom stereocenters. The quantitative estimate of drug-likeness (QED) is 0.888. The molecule has 100 valence electrons. The molecular weight excluding hydrogens is 226 g/mol. The van der Waals surface area contributed by atoms with Gasteiger partial charge in [-0.1, -0.05) is 19.9 Å². The number of hydrogen-bond donors (Lipinski definition) is 1. The molecule has 0 saturated heterocycles. The van der Waals surface area contributed by atoms with E-state index in [1.807, 2.05) is 19.2 Å². The SMILES string of the molecule is CCC1(CC)CC(NC)c2ccc(OC)cc2O1. The number of ether oxygens (including phenoxy) is 2. The summed E-state index contributed by atoms with van der Waals surface area (Å²) in [4.78, 5) is 0. The molecule has 0 aromatic heterocycles. The molecule has 3 nitrogen and oxygen atoms in total. The van der Waals surface area contributed by atoms with Crippen LogP contribution in [0.5, 0.6) is 11.5 Å². The number of rotatable bonds is 4. The smallest absolute Gasteiger partial charge is 0.128 e. The van der Waals surface area contributed by atoms with Crippen molar-refractivity contribution in [2.24, 2.45) is 0 Å². The maximum atomic E-state index is 6.27. The summed E-state index contributed by atoms with van der Waals surface area (Å²) in [5, 5.41) is 3.40. The van der Waals surface area contributed by atoms with Gasteiger partial charge in [0.2, 0.25) is 0 Å². The standard InChI is InChI=1S/C15H23NO2/c1-5-15(6-2)10-13(16-3)12-8-7-11(17-4)9-14(12)18-15/h7-9,13,16H,5-6,10H2,1-4H3. The lowest BCUT2D eigenvalue weighted by Crippen LogP contribution is -2.42. The van der Waals surface area contributed by atoms with Crippen LogP contribution in [0.2, 0.25) is 0 Å². The van der Waals surface area contributed by atoms with E-state index in [0.29, 0.717) is 6.04 Å². The third kappa shape index (κ3) is 2.19. The molecule has 18 heavy (non-hydrogen) atoms. The van der Waals surface area contributed by atoms with E-state index in [1.165, 1.54) is 5.56 Å². The molecule has 0 saturated carbocycles. The predicted molar refractivity (Wildman–Crippen MR) is 73.4 cm³/mol. The molecule has 1 heterocycles. The largest absolute Gasteiger partial charge is 0.497 e. The van der Waals surface area contributed by atoms with Crippen LogP contribution in [-0.4, -0.2) is 19.8 Å². The second-order valence-electron chi connectivity index (χ2n) is 4.94. The molecule has 0 radical (unpaired) electrons. The summed E-state index contributed by atoms with van der Waals surface area (Å²) in [5.41, 5.74) is 1.18. The molecule has 1 N–H and O–H groups in total. The van der Waals surface area contributed by atoms with Gasteiger partial charge in [-0.05, 0) is 26.0 Å². The highest BCUT2D eigenvalue weighted by atomic mass is 16.5. The first kappa shape index (κ1) is 13.2. The zero-order valence-electron chi connectivity index (χ0n) is 11.7. The van der Waals surface area contributed by atoms with Gasteiger partial charge in [0.05, 0.1) is 7.11 Å². The molecule has 0 bridgehead atoms. The van der Waals surface area contributed by atoms with E-state index in [1.54, 1.807) is 7.11 Å². The molecule has 0 amide bonds. The minimum absolute atomic E-state index is 0.0486. The van der Waals surface area contributed by atoms with Gasteiger partial charge in [-0.2, -0.15) is 0 Å². The third-order valence-electron chi connectivity index (χ3n) is 4.14. The van der Waals surface area contributed by atoms with Gasteiger partial charge in [0.15, 0.2) is 0 Å². The van der Waals surface area contributed by atoms with Gasteiger partial charge in [0, 0.05) is 24.1 Å². The molecule has 0 fully saturated rings. The van der Waals surface area contributed by atoms with E-state index in [0.717, 1.165) is 30.8 Å². The van der Waals surface area contributed by atoms with Crippen LogP contribution < -0.4 is 14.8 Å². The molecule has 1 aliphatic rings. The van der Waals surface area contributed by atoms with E-state index in [2.05, 4.69) is 25.2 Å². The van der Waals surface area contributed by atoms with Gasteiger partial charge in [-0.25, -0.2) is 0 Å². The fraction of sp³-hybridized carbons (Fsp3) is 0.600. The lowest BCUT2D eigenvalue weighted by Gasteiger charge is -2.41. The second kappa shape index (κ2) is 5.19. The molecule has 0 aliphatic carbocycles. The lowest BCUT2D eigenvalue weighted by molar-refractivity contribution is 0.0237. The zero-order valence-corrected chi connectivity index (χ0v) is 11.7. The summed E-state index contributed by atoms with van der Waals surface area (Å²) < 4.78 is 11.6. The zero-order chi connectivity index (χ0) is 13.2. The number of fused-ring (bicyclic) bond motifs is 1. The van der Waals surface area contributed by atoms with Crippen LogP contribution in [-0.2, 0) is 0 Å².